The molecule has 0 bridgehead atoms. The van der Waals surface area contributed by atoms with Crippen LogP contribution in [0, 0.1) is 0 Å². The van der Waals surface area contributed by atoms with Crippen LogP contribution in [-0.4, -0.2) is 17.3 Å². The molecule has 0 spiro atoms. The standard InChI is InChI=1S/C8H15NS/c1-7-5-3-4-6-8(9-7)10-2/h7H,3-6H2,1-2H3. The highest BCUT2D eigenvalue weighted by molar-refractivity contribution is 8.13. The van der Waals surface area contributed by atoms with E-state index in [1.807, 2.05) is 11.8 Å². The molecule has 1 aliphatic rings. The van der Waals surface area contributed by atoms with Gasteiger partial charge >= 0.3 is 0 Å². The summed E-state index contributed by atoms with van der Waals surface area (Å²) in [5.74, 6) is 0. The Morgan fingerprint density at radius 1 is 1.50 bits per heavy atom. The zero-order chi connectivity index (χ0) is 7.40. The Morgan fingerprint density at radius 2 is 2.30 bits per heavy atom. The van der Waals surface area contributed by atoms with Crippen LogP contribution in [0.5, 0.6) is 0 Å². The first kappa shape index (κ1) is 8.12. The molecule has 1 atom stereocenters. The Balaban J connectivity index is 2.50. The molecule has 10 heavy (non-hydrogen) atoms. The van der Waals surface area contributed by atoms with Crippen molar-refractivity contribution in [2.45, 2.75) is 38.6 Å². The summed E-state index contributed by atoms with van der Waals surface area (Å²) in [6.07, 6.45) is 7.31. The Kier molecular flexibility index (Phi) is 3.26. The number of hydrogen-bond acceptors (Lipinski definition) is 2. The van der Waals surface area contributed by atoms with Crippen molar-refractivity contribution in [3.05, 3.63) is 0 Å². The predicted octanol–water partition coefficient (Wildman–Crippen LogP) is 2.71. The fraction of sp³-hybridized carbons (Fsp3) is 0.875. The first-order chi connectivity index (χ1) is 4.83. The minimum absolute atomic E-state index is 0.574. The van der Waals surface area contributed by atoms with Gasteiger partial charge in [0.25, 0.3) is 0 Å². The van der Waals surface area contributed by atoms with Gasteiger partial charge < -0.3 is 0 Å². The number of aliphatic imine (C=N–C) groups is 1. The summed E-state index contributed by atoms with van der Waals surface area (Å²) >= 11 is 1.81. The first-order valence-electron chi connectivity index (χ1n) is 3.93. The average molecular weight is 157 g/mol. The maximum Gasteiger partial charge on any atom is 0.0676 e. The molecule has 0 radical (unpaired) electrons. The van der Waals surface area contributed by atoms with Gasteiger partial charge in [-0.1, -0.05) is 6.42 Å². The molecule has 1 nitrogen and oxygen atoms in total. The van der Waals surface area contributed by atoms with Gasteiger partial charge in [-0.2, -0.15) is 0 Å². The van der Waals surface area contributed by atoms with E-state index in [0.717, 1.165) is 0 Å². The second-order valence-corrected chi connectivity index (χ2v) is 3.70. The molecule has 1 heterocycles. The van der Waals surface area contributed by atoms with E-state index in [2.05, 4.69) is 18.2 Å². The van der Waals surface area contributed by atoms with E-state index in [9.17, 15) is 0 Å². The first-order valence-corrected chi connectivity index (χ1v) is 5.16. The molecule has 2 heteroatoms. The topological polar surface area (TPSA) is 12.4 Å². The Bertz CT molecular complexity index is 131. The van der Waals surface area contributed by atoms with Crippen LogP contribution in [0.1, 0.15) is 32.6 Å². The summed E-state index contributed by atoms with van der Waals surface area (Å²) in [5, 5.41) is 1.35. The second-order valence-electron chi connectivity index (χ2n) is 2.82. The molecular weight excluding hydrogens is 142 g/mol. The molecule has 0 saturated heterocycles. The minimum Gasteiger partial charge on any atom is -0.280 e. The van der Waals surface area contributed by atoms with Gasteiger partial charge in [0.2, 0.25) is 0 Å². The molecule has 1 rings (SSSR count). The lowest BCUT2D eigenvalue weighted by Gasteiger charge is -2.01. The maximum atomic E-state index is 4.57. The van der Waals surface area contributed by atoms with Crippen molar-refractivity contribution < 1.29 is 0 Å². The Labute approximate surface area is 67.3 Å². The van der Waals surface area contributed by atoms with E-state index in [0.29, 0.717) is 6.04 Å². The van der Waals surface area contributed by atoms with Crippen LogP contribution in [0.15, 0.2) is 4.99 Å². The van der Waals surface area contributed by atoms with E-state index in [4.69, 9.17) is 0 Å². The fourth-order valence-electron chi connectivity index (χ4n) is 1.25. The maximum absolute atomic E-state index is 4.57. The van der Waals surface area contributed by atoms with Crippen LogP contribution < -0.4 is 0 Å². The lowest BCUT2D eigenvalue weighted by Crippen LogP contribution is -1.97. The van der Waals surface area contributed by atoms with Gasteiger partial charge in [0.1, 0.15) is 0 Å². The van der Waals surface area contributed by atoms with Crippen molar-refractivity contribution in [2.75, 3.05) is 6.26 Å². The van der Waals surface area contributed by atoms with Crippen LogP contribution in [0.3, 0.4) is 0 Å². The normalized spacial score (nSPS) is 27.4. The molecule has 0 aromatic heterocycles. The van der Waals surface area contributed by atoms with Crippen LogP contribution in [-0.2, 0) is 0 Å². The van der Waals surface area contributed by atoms with E-state index >= 15 is 0 Å². The van der Waals surface area contributed by atoms with E-state index in [1.54, 1.807) is 0 Å². The molecule has 0 aromatic rings. The monoisotopic (exact) mass is 157 g/mol. The lowest BCUT2D eigenvalue weighted by molar-refractivity contribution is 0.630. The van der Waals surface area contributed by atoms with E-state index in [-0.39, 0.29) is 0 Å². The number of rotatable bonds is 0. The summed E-state index contributed by atoms with van der Waals surface area (Å²) in [4.78, 5) is 4.57. The van der Waals surface area contributed by atoms with Crippen LogP contribution in [0.2, 0.25) is 0 Å². The number of thioether (sulfide) groups is 1. The molecular formula is C8H15NS. The molecule has 0 aromatic carbocycles. The minimum atomic E-state index is 0.574. The van der Waals surface area contributed by atoms with Gasteiger partial charge in [-0.15, -0.1) is 11.8 Å². The van der Waals surface area contributed by atoms with E-state index in [1.165, 1.54) is 30.7 Å². The van der Waals surface area contributed by atoms with Gasteiger partial charge in [-0.05, 0) is 32.4 Å². The van der Waals surface area contributed by atoms with Crippen molar-refractivity contribution in [1.29, 1.82) is 0 Å². The van der Waals surface area contributed by atoms with Crippen molar-refractivity contribution >= 4 is 16.8 Å². The molecule has 0 fully saturated rings. The molecule has 58 valence electrons. The SMILES string of the molecule is CSC1=NC(C)CCCC1. The highest BCUT2D eigenvalue weighted by Gasteiger charge is 2.07. The van der Waals surface area contributed by atoms with Crippen molar-refractivity contribution in [1.82, 2.24) is 0 Å². The Hall–Kier alpha value is 0.0200. The molecule has 0 N–H and O–H groups in total. The largest absolute Gasteiger partial charge is 0.280 e. The highest BCUT2D eigenvalue weighted by atomic mass is 32.2. The predicted molar refractivity (Wildman–Crippen MR) is 48.9 cm³/mol. The zero-order valence-electron chi connectivity index (χ0n) is 6.76. The van der Waals surface area contributed by atoms with Crippen LogP contribution >= 0.6 is 11.8 Å². The van der Waals surface area contributed by atoms with Crippen molar-refractivity contribution in [3.8, 4) is 0 Å². The number of nitrogens with zero attached hydrogens (tertiary/aromatic N) is 1. The van der Waals surface area contributed by atoms with Gasteiger partial charge in [-0.3, -0.25) is 4.99 Å². The molecule has 0 saturated carbocycles. The third-order valence-electron chi connectivity index (χ3n) is 1.86. The molecule has 1 unspecified atom stereocenters. The molecule has 0 aliphatic carbocycles. The van der Waals surface area contributed by atoms with Crippen LogP contribution in [0.4, 0.5) is 0 Å². The van der Waals surface area contributed by atoms with E-state index < -0.39 is 0 Å². The van der Waals surface area contributed by atoms with Crippen molar-refractivity contribution in [2.24, 2.45) is 4.99 Å². The van der Waals surface area contributed by atoms with Gasteiger partial charge in [0, 0.05) is 6.04 Å². The summed E-state index contributed by atoms with van der Waals surface area (Å²) in [6.45, 7) is 2.21. The third kappa shape index (κ3) is 2.33. The lowest BCUT2D eigenvalue weighted by atomic mass is 10.1. The van der Waals surface area contributed by atoms with Crippen molar-refractivity contribution in [3.63, 3.8) is 0 Å². The summed E-state index contributed by atoms with van der Waals surface area (Å²) in [7, 11) is 0. The second kappa shape index (κ2) is 4.02. The van der Waals surface area contributed by atoms with Gasteiger partial charge in [0.15, 0.2) is 0 Å². The quantitative estimate of drug-likeness (QED) is 0.526. The Morgan fingerprint density at radius 3 is 3.00 bits per heavy atom. The molecule has 1 aliphatic heterocycles. The fourth-order valence-corrected chi connectivity index (χ4v) is 1.88. The highest BCUT2D eigenvalue weighted by Crippen LogP contribution is 2.17. The number of hydrogen-bond donors (Lipinski definition) is 0. The third-order valence-corrected chi connectivity index (χ3v) is 2.64. The smallest absolute Gasteiger partial charge is 0.0676 e. The van der Waals surface area contributed by atoms with Gasteiger partial charge in [0.05, 0.1) is 5.04 Å². The summed E-state index contributed by atoms with van der Waals surface area (Å²) < 4.78 is 0. The average Bonchev–Trinajstić information content (AvgIpc) is 2.13. The molecule has 0 amide bonds. The summed E-state index contributed by atoms with van der Waals surface area (Å²) in [6, 6.07) is 0.574. The van der Waals surface area contributed by atoms with Gasteiger partial charge in [-0.25, -0.2) is 0 Å². The summed E-state index contributed by atoms with van der Waals surface area (Å²) in [5.41, 5.74) is 0. The van der Waals surface area contributed by atoms with Crippen LogP contribution in [0.25, 0.3) is 0 Å². The zero-order valence-corrected chi connectivity index (χ0v) is 7.58.